The number of aliphatic hydroxyl groups is 1. The Balaban J connectivity index is 1.66. The highest BCUT2D eigenvalue weighted by Gasteiger charge is 2.72. The first kappa shape index (κ1) is 22.1. The number of hydrogen-bond donors (Lipinski definition) is 1. The number of fused-ring (bicyclic) bond motifs is 2. The second kappa shape index (κ2) is 7.97. The van der Waals surface area contributed by atoms with Crippen LogP contribution in [0.1, 0.15) is 6.92 Å². The zero-order chi connectivity index (χ0) is 23.5. The molecule has 1 aromatic carbocycles. The molecule has 3 amide bonds. The van der Waals surface area contributed by atoms with Gasteiger partial charge in [-0.3, -0.25) is 14.4 Å². The molecule has 4 heterocycles. The van der Waals surface area contributed by atoms with Crippen LogP contribution in [0.5, 0.6) is 0 Å². The minimum absolute atomic E-state index is 0.189. The predicted octanol–water partition coefficient (Wildman–Crippen LogP) is 1.23. The molecule has 5 rings (SSSR count). The van der Waals surface area contributed by atoms with Gasteiger partial charge in [0, 0.05) is 20.1 Å². The van der Waals surface area contributed by atoms with Crippen LogP contribution < -0.4 is 4.90 Å². The molecule has 9 heteroatoms. The van der Waals surface area contributed by atoms with Gasteiger partial charge in [0.2, 0.25) is 11.8 Å². The molecule has 1 spiro atoms. The number of carbonyl (C=O) groups is 3. The summed E-state index contributed by atoms with van der Waals surface area (Å²) >= 11 is 6.41. The van der Waals surface area contributed by atoms with Crippen LogP contribution in [0, 0.1) is 11.8 Å². The highest BCUT2D eigenvalue weighted by molar-refractivity contribution is 6.34. The number of halogens is 1. The number of likely N-dealkylation sites (tertiary alicyclic amines) is 1. The zero-order valence-corrected chi connectivity index (χ0v) is 19.2. The number of rotatable bonds is 3. The number of nitrogens with zero attached hydrogens (tertiary/aromatic N) is 3. The van der Waals surface area contributed by atoms with Crippen LogP contribution in [0.15, 0.2) is 48.6 Å². The normalized spacial score (nSPS) is 34.2. The van der Waals surface area contributed by atoms with Gasteiger partial charge in [-0.05, 0) is 19.1 Å². The van der Waals surface area contributed by atoms with Crippen LogP contribution in [0.3, 0.4) is 0 Å². The van der Waals surface area contributed by atoms with Crippen molar-refractivity contribution in [2.24, 2.45) is 11.8 Å². The number of ether oxygens (including phenoxy) is 1. The molecule has 0 bridgehead atoms. The summed E-state index contributed by atoms with van der Waals surface area (Å²) in [6.45, 7) is 2.03. The van der Waals surface area contributed by atoms with E-state index in [0.29, 0.717) is 17.3 Å². The monoisotopic (exact) mass is 471 g/mol. The maximum absolute atomic E-state index is 14.1. The Morgan fingerprint density at radius 3 is 2.64 bits per heavy atom. The number of aliphatic hydroxyl groups excluding tert-OH is 1. The van der Waals surface area contributed by atoms with E-state index >= 15 is 0 Å². The molecule has 1 N–H and O–H groups in total. The first-order valence-electron chi connectivity index (χ1n) is 11.1. The molecule has 1 aromatic rings. The summed E-state index contributed by atoms with van der Waals surface area (Å²) in [4.78, 5) is 45.7. The molecular formula is C24H26ClN3O5. The van der Waals surface area contributed by atoms with Crippen molar-refractivity contribution in [2.45, 2.75) is 30.7 Å². The van der Waals surface area contributed by atoms with Gasteiger partial charge >= 0.3 is 0 Å². The van der Waals surface area contributed by atoms with E-state index in [9.17, 15) is 19.5 Å². The Bertz CT molecular complexity index is 1070. The minimum atomic E-state index is -1.32. The molecule has 2 fully saturated rings. The molecule has 2 saturated heterocycles. The lowest BCUT2D eigenvalue weighted by Crippen LogP contribution is -2.57. The van der Waals surface area contributed by atoms with Crippen molar-refractivity contribution < 1.29 is 24.2 Å². The first-order valence-corrected chi connectivity index (χ1v) is 11.5. The summed E-state index contributed by atoms with van der Waals surface area (Å²) in [5, 5.41) is 10.3. The fraction of sp³-hybridized carbons (Fsp3) is 0.458. The average molecular weight is 472 g/mol. The largest absolute Gasteiger partial charge is 0.394 e. The number of para-hydroxylation sites is 1. The second-order valence-electron chi connectivity index (χ2n) is 9.07. The van der Waals surface area contributed by atoms with E-state index < -0.39 is 35.6 Å². The molecule has 4 aliphatic rings. The fourth-order valence-electron chi connectivity index (χ4n) is 5.65. The second-order valence-corrected chi connectivity index (χ2v) is 9.48. The third-order valence-electron chi connectivity index (χ3n) is 7.18. The van der Waals surface area contributed by atoms with Gasteiger partial charge in [0.05, 0.1) is 41.3 Å². The lowest BCUT2D eigenvalue weighted by Gasteiger charge is -2.37. The van der Waals surface area contributed by atoms with Gasteiger partial charge in [-0.2, -0.15) is 0 Å². The minimum Gasteiger partial charge on any atom is -0.394 e. The molecule has 0 aromatic heterocycles. The smallest absolute Gasteiger partial charge is 0.253 e. The molecule has 6 atom stereocenters. The highest BCUT2D eigenvalue weighted by atomic mass is 35.5. The lowest BCUT2D eigenvalue weighted by molar-refractivity contribution is -0.146. The number of benzene rings is 1. The van der Waals surface area contributed by atoms with Gasteiger partial charge in [-0.1, -0.05) is 48.0 Å². The van der Waals surface area contributed by atoms with Crippen LogP contribution in [0.4, 0.5) is 5.69 Å². The maximum atomic E-state index is 14.1. The number of amides is 3. The fourth-order valence-corrected chi connectivity index (χ4v) is 5.89. The number of anilines is 1. The van der Waals surface area contributed by atoms with E-state index in [0.717, 1.165) is 0 Å². The molecule has 0 radical (unpaired) electrons. The quantitative estimate of drug-likeness (QED) is 0.670. The number of hydrogen-bond acceptors (Lipinski definition) is 5. The van der Waals surface area contributed by atoms with E-state index in [4.69, 9.17) is 16.3 Å². The van der Waals surface area contributed by atoms with Crippen molar-refractivity contribution in [3.63, 3.8) is 0 Å². The van der Waals surface area contributed by atoms with Crippen molar-refractivity contribution >= 4 is 35.0 Å². The summed E-state index contributed by atoms with van der Waals surface area (Å²) in [6, 6.07) is 5.35. The van der Waals surface area contributed by atoms with E-state index in [1.54, 1.807) is 55.3 Å². The van der Waals surface area contributed by atoms with Gasteiger partial charge in [-0.25, -0.2) is 0 Å². The van der Waals surface area contributed by atoms with Crippen LogP contribution in [0.2, 0.25) is 5.02 Å². The first-order chi connectivity index (χ1) is 15.8. The van der Waals surface area contributed by atoms with Crippen molar-refractivity contribution in [2.75, 3.05) is 31.6 Å². The molecule has 1 unspecified atom stereocenters. The number of likely N-dealkylation sites (N-methyl/N-ethyl adjacent to an activating group) is 1. The average Bonchev–Trinajstić information content (AvgIpc) is 3.14. The molecular weight excluding hydrogens is 446 g/mol. The van der Waals surface area contributed by atoms with E-state index in [1.165, 1.54) is 9.80 Å². The Morgan fingerprint density at radius 1 is 1.15 bits per heavy atom. The third kappa shape index (κ3) is 3.08. The van der Waals surface area contributed by atoms with Crippen molar-refractivity contribution in [3.05, 3.63) is 53.6 Å². The van der Waals surface area contributed by atoms with Crippen molar-refractivity contribution in [3.8, 4) is 0 Å². The van der Waals surface area contributed by atoms with Crippen molar-refractivity contribution in [1.82, 2.24) is 9.80 Å². The summed E-state index contributed by atoms with van der Waals surface area (Å²) in [5.74, 6) is -2.52. The molecule has 0 aliphatic carbocycles. The zero-order valence-electron chi connectivity index (χ0n) is 18.4. The number of carbonyl (C=O) groups excluding carboxylic acids is 3. The van der Waals surface area contributed by atoms with Crippen LogP contribution in [-0.4, -0.2) is 83.2 Å². The third-order valence-corrected chi connectivity index (χ3v) is 7.50. The topological polar surface area (TPSA) is 90.4 Å². The van der Waals surface area contributed by atoms with Crippen LogP contribution >= 0.6 is 11.6 Å². The molecule has 174 valence electrons. The molecule has 8 nitrogen and oxygen atoms in total. The predicted molar refractivity (Wildman–Crippen MR) is 121 cm³/mol. The standard InChI is InChI=1S/C24H26ClN3O5/c1-14(13-29)28-20-23(32)27(16-8-4-3-7-15(16)25)12-6-10-24(20)19(22(28)31)18-17(33-24)9-5-11-26(2)21(18)30/h3-10,14,17-20,29H,11-13H2,1-2H3/t14-,17-,18+,19+,20?,24+/m1/s1. The van der Waals surface area contributed by atoms with Crippen molar-refractivity contribution in [1.29, 1.82) is 0 Å². The van der Waals surface area contributed by atoms with Crippen LogP contribution in [-0.2, 0) is 19.1 Å². The van der Waals surface area contributed by atoms with Gasteiger partial charge in [0.25, 0.3) is 5.91 Å². The Morgan fingerprint density at radius 2 is 1.91 bits per heavy atom. The van der Waals surface area contributed by atoms with Gasteiger partial charge < -0.3 is 24.5 Å². The molecule has 0 saturated carbocycles. The summed E-state index contributed by atoms with van der Waals surface area (Å²) in [7, 11) is 1.69. The summed E-state index contributed by atoms with van der Waals surface area (Å²) < 4.78 is 6.49. The Labute approximate surface area is 197 Å². The van der Waals surface area contributed by atoms with Crippen LogP contribution in [0.25, 0.3) is 0 Å². The van der Waals surface area contributed by atoms with E-state index in [1.807, 2.05) is 12.2 Å². The highest BCUT2D eigenvalue weighted by Crippen LogP contribution is 2.54. The molecule has 33 heavy (non-hydrogen) atoms. The van der Waals surface area contributed by atoms with E-state index in [-0.39, 0.29) is 30.9 Å². The lowest BCUT2D eigenvalue weighted by atomic mass is 9.77. The van der Waals surface area contributed by atoms with Gasteiger partial charge in [0.15, 0.2) is 0 Å². The molecule has 4 aliphatic heterocycles. The van der Waals surface area contributed by atoms with E-state index in [2.05, 4.69) is 0 Å². The Kier molecular flexibility index (Phi) is 5.34. The van der Waals surface area contributed by atoms with Gasteiger partial charge in [0.1, 0.15) is 11.6 Å². The Hall–Kier alpha value is -2.68. The van der Waals surface area contributed by atoms with Gasteiger partial charge in [-0.15, -0.1) is 0 Å². The maximum Gasteiger partial charge on any atom is 0.253 e. The SMILES string of the molecule is C[C@H](CO)N1C(=O)[C@@H]2[C@H]3C(=O)N(C)CC=C[C@H]3O[C@@]23C=CCN(c2ccccc2Cl)C(=O)C13. The summed E-state index contributed by atoms with van der Waals surface area (Å²) in [5.41, 5.74) is -0.789. The summed E-state index contributed by atoms with van der Waals surface area (Å²) in [6.07, 6.45) is 6.63.